The Morgan fingerprint density at radius 3 is 2.62 bits per heavy atom. The van der Waals surface area contributed by atoms with Crippen molar-refractivity contribution in [2.45, 2.75) is 36.2 Å². The van der Waals surface area contributed by atoms with E-state index in [9.17, 15) is 9.59 Å². The van der Waals surface area contributed by atoms with Crippen molar-refractivity contribution in [3.05, 3.63) is 36.5 Å². The Labute approximate surface area is 145 Å². The van der Waals surface area contributed by atoms with Crippen LogP contribution in [0.4, 0.5) is 4.79 Å². The second kappa shape index (κ2) is 7.09. The van der Waals surface area contributed by atoms with Crippen LogP contribution in [0.1, 0.15) is 25.8 Å². The largest absolute Gasteiger partial charge is 0.341 e. The van der Waals surface area contributed by atoms with E-state index in [0.717, 1.165) is 29.3 Å². The van der Waals surface area contributed by atoms with Crippen LogP contribution in [0.2, 0.25) is 0 Å². The summed E-state index contributed by atoms with van der Waals surface area (Å²) in [6.45, 7) is 1.77. The monoisotopic (exact) mass is 344 g/mol. The van der Waals surface area contributed by atoms with E-state index in [1.54, 1.807) is 6.92 Å². The highest BCUT2D eigenvalue weighted by atomic mass is 32.2. The number of aromatic nitrogens is 2. The fourth-order valence-electron chi connectivity index (χ4n) is 2.43. The van der Waals surface area contributed by atoms with Gasteiger partial charge in [0.05, 0.1) is 17.1 Å². The number of carbonyl (C=O) groups is 2. The molecule has 1 atom stereocenters. The van der Waals surface area contributed by atoms with Crippen molar-refractivity contribution in [3.8, 4) is 11.3 Å². The number of imide groups is 1. The van der Waals surface area contributed by atoms with Crippen LogP contribution >= 0.6 is 11.8 Å². The van der Waals surface area contributed by atoms with Gasteiger partial charge in [0, 0.05) is 13.1 Å². The first-order valence-electron chi connectivity index (χ1n) is 7.92. The van der Waals surface area contributed by atoms with Gasteiger partial charge in [0.1, 0.15) is 0 Å². The molecular formula is C17H20N4O2S. The smallest absolute Gasteiger partial charge is 0.321 e. The maximum Gasteiger partial charge on any atom is 0.321 e. The van der Waals surface area contributed by atoms with Crippen molar-refractivity contribution in [2.75, 3.05) is 7.05 Å². The second-order valence-electron chi connectivity index (χ2n) is 5.72. The molecule has 2 aromatic rings. The molecule has 126 valence electrons. The van der Waals surface area contributed by atoms with Crippen molar-refractivity contribution in [1.82, 2.24) is 20.2 Å². The van der Waals surface area contributed by atoms with Crippen molar-refractivity contribution >= 4 is 23.7 Å². The number of nitrogens with zero attached hydrogens (tertiary/aromatic N) is 2. The van der Waals surface area contributed by atoms with Gasteiger partial charge < -0.3 is 9.88 Å². The number of nitrogens with one attached hydrogen (secondary N) is 2. The van der Waals surface area contributed by atoms with Gasteiger partial charge in [-0.2, -0.15) is 0 Å². The van der Waals surface area contributed by atoms with Crippen LogP contribution < -0.4 is 10.6 Å². The number of hydrogen-bond acceptors (Lipinski definition) is 4. The zero-order valence-corrected chi connectivity index (χ0v) is 14.5. The summed E-state index contributed by atoms with van der Waals surface area (Å²) in [5, 5.41) is 5.09. The molecule has 3 amide bonds. The average Bonchev–Trinajstić information content (AvgIpc) is 3.35. The lowest BCUT2D eigenvalue weighted by atomic mass is 10.2. The van der Waals surface area contributed by atoms with Gasteiger partial charge in [-0.3, -0.25) is 10.1 Å². The van der Waals surface area contributed by atoms with Crippen molar-refractivity contribution in [1.29, 1.82) is 0 Å². The molecule has 2 N–H and O–H groups in total. The molecule has 1 aliphatic rings. The molecule has 1 aliphatic carbocycles. The van der Waals surface area contributed by atoms with Crippen molar-refractivity contribution in [2.24, 2.45) is 0 Å². The highest BCUT2D eigenvalue weighted by Crippen LogP contribution is 2.42. The molecule has 0 spiro atoms. The van der Waals surface area contributed by atoms with Crippen LogP contribution in [0, 0.1) is 0 Å². The topological polar surface area (TPSA) is 76.0 Å². The minimum atomic E-state index is -0.497. The molecule has 1 heterocycles. The van der Waals surface area contributed by atoms with Crippen LogP contribution in [0.3, 0.4) is 0 Å². The first-order chi connectivity index (χ1) is 11.6. The van der Waals surface area contributed by atoms with E-state index in [2.05, 4.69) is 32.3 Å². The lowest BCUT2D eigenvalue weighted by molar-refractivity contribution is -0.119. The molecular weight excluding hydrogens is 324 g/mol. The molecule has 1 aromatic heterocycles. The Kier molecular flexibility index (Phi) is 4.89. The molecule has 7 heteroatoms. The number of thioether (sulfide) groups is 1. The third-order valence-electron chi connectivity index (χ3n) is 3.86. The third kappa shape index (κ3) is 3.62. The summed E-state index contributed by atoms with van der Waals surface area (Å²) in [4.78, 5) is 27.9. The molecule has 3 rings (SSSR count). The standard InChI is InChI=1S/C17H20N4O2S/c1-11(15(22)20-16(23)18-2)24-17-19-10-14(21(17)13-8-9-13)12-6-4-3-5-7-12/h3-7,10-11,13H,8-9H2,1-2H3,(H2,18,20,22,23)/t11-/m1/s1. The SMILES string of the molecule is CNC(=O)NC(=O)[C@@H](C)Sc1ncc(-c2ccccc2)n1C1CC1. The first-order valence-corrected chi connectivity index (χ1v) is 8.80. The van der Waals surface area contributed by atoms with Gasteiger partial charge >= 0.3 is 6.03 Å². The summed E-state index contributed by atoms with van der Waals surface area (Å²) >= 11 is 1.37. The van der Waals surface area contributed by atoms with Crippen molar-refractivity contribution < 1.29 is 9.59 Å². The fraction of sp³-hybridized carbons (Fsp3) is 0.353. The third-order valence-corrected chi connectivity index (χ3v) is 4.94. The van der Waals surface area contributed by atoms with Gasteiger partial charge in [0.15, 0.2) is 5.16 Å². The maximum atomic E-state index is 12.1. The summed E-state index contributed by atoms with van der Waals surface area (Å²) < 4.78 is 2.21. The van der Waals surface area contributed by atoms with Gasteiger partial charge in [0.2, 0.25) is 5.91 Å². The summed E-state index contributed by atoms with van der Waals surface area (Å²) in [6.07, 6.45) is 4.12. The van der Waals surface area contributed by atoms with E-state index in [-0.39, 0.29) is 5.91 Å². The molecule has 0 bridgehead atoms. The predicted octanol–water partition coefficient (Wildman–Crippen LogP) is 2.82. The molecule has 24 heavy (non-hydrogen) atoms. The van der Waals surface area contributed by atoms with E-state index in [0.29, 0.717) is 6.04 Å². The number of hydrogen-bond donors (Lipinski definition) is 2. The Morgan fingerprint density at radius 2 is 2.00 bits per heavy atom. The van der Waals surface area contributed by atoms with Gasteiger partial charge in [0.25, 0.3) is 0 Å². The Hall–Kier alpha value is -2.28. The summed E-state index contributed by atoms with van der Waals surface area (Å²) in [5.74, 6) is -0.328. The van der Waals surface area contributed by atoms with E-state index in [1.165, 1.54) is 18.8 Å². The second-order valence-corrected chi connectivity index (χ2v) is 7.03. The van der Waals surface area contributed by atoms with Crippen LogP contribution in [0.25, 0.3) is 11.3 Å². The molecule has 0 unspecified atom stereocenters. The number of benzene rings is 1. The quantitative estimate of drug-likeness (QED) is 0.818. The highest BCUT2D eigenvalue weighted by Gasteiger charge is 2.30. The molecule has 1 aromatic carbocycles. The minimum absolute atomic E-state index is 0.328. The molecule has 0 saturated heterocycles. The van der Waals surface area contributed by atoms with Crippen molar-refractivity contribution in [3.63, 3.8) is 0 Å². The van der Waals surface area contributed by atoms with Gasteiger partial charge in [-0.15, -0.1) is 0 Å². The first kappa shape index (κ1) is 16.6. The lowest BCUT2D eigenvalue weighted by Gasteiger charge is -2.14. The maximum absolute atomic E-state index is 12.1. The number of imidazole rings is 1. The molecule has 0 aliphatic heterocycles. The fourth-order valence-corrected chi connectivity index (χ4v) is 3.38. The molecule has 6 nitrogen and oxygen atoms in total. The predicted molar refractivity (Wildman–Crippen MR) is 93.9 cm³/mol. The summed E-state index contributed by atoms with van der Waals surface area (Å²) in [7, 11) is 1.48. The van der Waals surface area contributed by atoms with E-state index in [4.69, 9.17) is 0 Å². The summed E-state index contributed by atoms with van der Waals surface area (Å²) in [5.41, 5.74) is 2.19. The zero-order valence-electron chi connectivity index (χ0n) is 13.7. The van der Waals surface area contributed by atoms with Gasteiger partial charge in [-0.05, 0) is 25.3 Å². The van der Waals surface area contributed by atoms with Gasteiger partial charge in [-0.25, -0.2) is 9.78 Å². The number of urea groups is 1. The number of rotatable bonds is 5. The van der Waals surface area contributed by atoms with Crippen LogP contribution in [-0.4, -0.2) is 33.8 Å². The summed E-state index contributed by atoms with van der Waals surface area (Å²) in [6, 6.07) is 10.1. The van der Waals surface area contributed by atoms with Crippen LogP contribution in [0.15, 0.2) is 41.7 Å². The normalized spacial score (nSPS) is 14.9. The number of amides is 3. The average molecular weight is 344 g/mol. The minimum Gasteiger partial charge on any atom is -0.341 e. The highest BCUT2D eigenvalue weighted by molar-refractivity contribution is 8.00. The van der Waals surface area contributed by atoms with E-state index in [1.807, 2.05) is 24.4 Å². The molecule has 0 radical (unpaired) electrons. The molecule has 1 saturated carbocycles. The zero-order chi connectivity index (χ0) is 17.1. The Morgan fingerprint density at radius 1 is 1.29 bits per heavy atom. The number of carbonyl (C=O) groups excluding carboxylic acids is 2. The van der Waals surface area contributed by atoms with Crippen LogP contribution in [-0.2, 0) is 4.79 Å². The molecule has 1 fully saturated rings. The van der Waals surface area contributed by atoms with Gasteiger partial charge in [-0.1, -0.05) is 42.1 Å². The van der Waals surface area contributed by atoms with E-state index < -0.39 is 11.3 Å². The Balaban J connectivity index is 1.80. The van der Waals surface area contributed by atoms with E-state index >= 15 is 0 Å². The van der Waals surface area contributed by atoms with Crippen LogP contribution in [0.5, 0.6) is 0 Å². The Bertz CT molecular complexity index is 740. The lowest BCUT2D eigenvalue weighted by Crippen LogP contribution is -2.41.